The molecule has 1 N–H and O–H groups in total. The van der Waals surface area contributed by atoms with Crippen molar-refractivity contribution in [1.82, 2.24) is 5.32 Å². The summed E-state index contributed by atoms with van der Waals surface area (Å²) in [5.41, 5.74) is 4.04. The number of rotatable bonds is 8. The number of anilines is 1. The molecule has 31 heavy (non-hydrogen) atoms. The van der Waals surface area contributed by atoms with Crippen LogP contribution in [0.15, 0.2) is 36.4 Å². The second-order valence-corrected chi connectivity index (χ2v) is 9.75. The number of carbonyl (C=O) groups excluding carboxylic acids is 1. The van der Waals surface area contributed by atoms with E-state index in [-0.39, 0.29) is 11.9 Å². The topological polar surface area (TPSA) is 84.9 Å². The third-order valence-electron chi connectivity index (χ3n) is 5.69. The number of ether oxygens (including phenoxy) is 2. The van der Waals surface area contributed by atoms with Crippen LogP contribution in [0.5, 0.6) is 11.5 Å². The van der Waals surface area contributed by atoms with Gasteiger partial charge in [-0.05, 0) is 61.9 Å². The summed E-state index contributed by atoms with van der Waals surface area (Å²) in [6, 6.07) is 9.85. The van der Waals surface area contributed by atoms with Crippen LogP contribution in [0.2, 0.25) is 0 Å². The molecule has 2 aromatic rings. The van der Waals surface area contributed by atoms with E-state index in [4.69, 9.17) is 9.47 Å². The first kappa shape index (κ1) is 22.9. The summed E-state index contributed by atoms with van der Waals surface area (Å²) in [5, 5.41) is 2.96. The molecule has 0 radical (unpaired) electrons. The molecule has 1 aliphatic rings. The maximum atomic E-state index is 13.0. The van der Waals surface area contributed by atoms with Crippen LogP contribution < -0.4 is 19.1 Å². The van der Waals surface area contributed by atoms with Crippen molar-refractivity contribution in [3.05, 3.63) is 53.1 Å². The van der Waals surface area contributed by atoms with Gasteiger partial charge in [0.2, 0.25) is 15.9 Å². The van der Waals surface area contributed by atoms with E-state index in [1.807, 2.05) is 13.0 Å². The van der Waals surface area contributed by atoms with Gasteiger partial charge in [-0.25, -0.2) is 8.42 Å². The highest BCUT2D eigenvalue weighted by Gasteiger charge is 2.30. The molecule has 7 nitrogen and oxygen atoms in total. The average molecular weight is 447 g/mol. The second kappa shape index (κ2) is 9.18. The summed E-state index contributed by atoms with van der Waals surface area (Å²) in [6.07, 6.45) is 4.39. The first-order chi connectivity index (χ1) is 14.7. The molecule has 0 unspecified atom stereocenters. The van der Waals surface area contributed by atoms with Crippen LogP contribution in [0, 0.1) is 0 Å². The molecule has 0 fully saturated rings. The normalized spacial score (nSPS) is 15.0. The van der Waals surface area contributed by atoms with Gasteiger partial charge >= 0.3 is 0 Å². The Labute approximate surface area is 184 Å². The lowest BCUT2D eigenvalue weighted by atomic mass is 10.0. The summed E-state index contributed by atoms with van der Waals surface area (Å²) >= 11 is 0. The minimum Gasteiger partial charge on any atom is -0.493 e. The first-order valence-electron chi connectivity index (χ1n) is 10.3. The van der Waals surface area contributed by atoms with Gasteiger partial charge in [-0.1, -0.05) is 18.2 Å². The molecule has 8 heteroatoms. The number of carbonyl (C=O) groups is 1. The van der Waals surface area contributed by atoms with Crippen molar-refractivity contribution in [2.24, 2.45) is 0 Å². The fraction of sp³-hybridized carbons (Fsp3) is 0.435. The minimum absolute atomic E-state index is 0.243. The van der Waals surface area contributed by atoms with Crippen LogP contribution in [-0.4, -0.2) is 40.8 Å². The smallest absolute Gasteiger partial charge is 0.244 e. The molecule has 1 aliphatic carbocycles. The number of hydrogen-bond acceptors (Lipinski definition) is 5. The van der Waals surface area contributed by atoms with Crippen molar-refractivity contribution in [3.8, 4) is 11.5 Å². The van der Waals surface area contributed by atoms with Crippen LogP contribution in [-0.2, 0) is 27.7 Å². The van der Waals surface area contributed by atoms with Crippen molar-refractivity contribution < 1.29 is 22.7 Å². The Hall–Kier alpha value is -2.74. The molecular formula is C23H30N2O5S. The Kier molecular flexibility index (Phi) is 6.79. The number of amides is 1. The molecule has 0 spiro atoms. The van der Waals surface area contributed by atoms with Gasteiger partial charge in [0.15, 0.2) is 11.5 Å². The molecular weight excluding hydrogens is 416 g/mol. The van der Waals surface area contributed by atoms with Crippen LogP contribution in [0.4, 0.5) is 5.69 Å². The Bertz CT molecular complexity index is 1070. The lowest BCUT2D eigenvalue weighted by molar-refractivity contribution is -0.122. The Morgan fingerprint density at radius 2 is 1.68 bits per heavy atom. The zero-order valence-electron chi connectivity index (χ0n) is 18.6. The SMILES string of the molecule is COc1ccc(N([C@@H](C)C(=O)N[C@H](C)c2ccc3c(c2)CCC3)S(C)(=O)=O)cc1OC. The van der Waals surface area contributed by atoms with E-state index in [2.05, 4.69) is 17.4 Å². The van der Waals surface area contributed by atoms with Crippen LogP contribution in [0.3, 0.4) is 0 Å². The quantitative estimate of drug-likeness (QED) is 0.673. The van der Waals surface area contributed by atoms with E-state index >= 15 is 0 Å². The zero-order valence-corrected chi connectivity index (χ0v) is 19.5. The molecule has 0 bridgehead atoms. The van der Waals surface area contributed by atoms with Crippen LogP contribution in [0.1, 0.15) is 43.0 Å². The number of nitrogens with zero attached hydrogens (tertiary/aromatic N) is 1. The molecule has 0 aromatic heterocycles. The lowest BCUT2D eigenvalue weighted by Gasteiger charge is -2.29. The fourth-order valence-corrected chi connectivity index (χ4v) is 5.22. The number of nitrogens with one attached hydrogen (secondary N) is 1. The molecule has 168 valence electrons. The second-order valence-electron chi connectivity index (χ2n) is 7.89. The highest BCUT2D eigenvalue weighted by molar-refractivity contribution is 7.92. The highest BCUT2D eigenvalue weighted by Crippen LogP contribution is 2.33. The van der Waals surface area contributed by atoms with Gasteiger partial charge in [0.1, 0.15) is 6.04 Å². The van der Waals surface area contributed by atoms with Gasteiger partial charge in [-0.15, -0.1) is 0 Å². The van der Waals surface area contributed by atoms with Gasteiger partial charge in [0.05, 0.1) is 32.2 Å². The molecule has 0 aliphatic heterocycles. The average Bonchev–Trinajstić information content (AvgIpc) is 3.20. The van der Waals surface area contributed by atoms with E-state index in [9.17, 15) is 13.2 Å². The number of hydrogen-bond donors (Lipinski definition) is 1. The minimum atomic E-state index is -3.74. The molecule has 1 amide bonds. The molecule has 2 aromatic carbocycles. The van der Waals surface area contributed by atoms with Crippen molar-refractivity contribution in [2.45, 2.75) is 45.2 Å². The van der Waals surface area contributed by atoms with Gasteiger partial charge in [0, 0.05) is 6.07 Å². The summed E-state index contributed by atoms with van der Waals surface area (Å²) in [4.78, 5) is 13.0. The summed E-state index contributed by atoms with van der Waals surface area (Å²) in [7, 11) is -0.764. The van der Waals surface area contributed by atoms with Crippen molar-refractivity contribution in [1.29, 1.82) is 0 Å². The summed E-state index contributed by atoms with van der Waals surface area (Å²) < 4.78 is 36.8. The third-order valence-corrected chi connectivity index (χ3v) is 6.93. The predicted molar refractivity (Wildman–Crippen MR) is 121 cm³/mol. The predicted octanol–water partition coefficient (Wildman–Crippen LogP) is 3.22. The number of methoxy groups -OCH3 is 2. The largest absolute Gasteiger partial charge is 0.493 e. The van der Waals surface area contributed by atoms with Crippen molar-refractivity contribution >= 4 is 21.6 Å². The summed E-state index contributed by atoms with van der Waals surface area (Å²) in [6.45, 7) is 3.48. The van der Waals surface area contributed by atoms with E-state index in [0.717, 1.165) is 35.4 Å². The highest BCUT2D eigenvalue weighted by atomic mass is 32.2. The number of sulfonamides is 1. The third kappa shape index (κ3) is 4.95. The maximum absolute atomic E-state index is 13.0. The molecule has 2 atom stereocenters. The zero-order chi connectivity index (χ0) is 22.8. The van der Waals surface area contributed by atoms with E-state index in [1.54, 1.807) is 25.1 Å². The Balaban J connectivity index is 1.83. The lowest BCUT2D eigenvalue weighted by Crippen LogP contribution is -2.48. The number of aryl methyl sites for hydroxylation is 2. The molecule has 0 saturated heterocycles. The van der Waals surface area contributed by atoms with Crippen LogP contribution >= 0.6 is 0 Å². The van der Waals surface area contributed by atoms with Gasteiger partial charge in [-0.3, -0.25) is 9.10 Å². The van der Waals surface area contributed by atoms with E-state index in [0.29, 0.717) is 17.2 Å². The van der Waals surface area contributed by atoms with Gasteiger partial charge in [0.25, 0.3) is 0 Å². The van der Waals surface area contributed by atoms with Gasteiger partial charge < -0.3 is 14.8 Å². The summed E-state index contributed by atoms with van der Waals surface area (Å²) in [5.74, 6) is 0.475. The number of fused-ring (bicyclic) bond motifs is 1. The molecule has 0 heterocycles. The monoisotopic (exact) mass is 446 g/mol. The van der Waals surface area contributed by atoms with E-state index in [1.165, 1.54) is 25.3 Å². The standard InChI is InChI=1S/C23H30N2O5S/c1-15(18-10-9-17-7-6-8-19(17)13-18)24-23(26)16(2)25(31(5,27)28)20-11-12-21(29-3)22(14-20)30-4/h9-16H,6-8H2,1-5H3,(H,24,26)/t15-,16+/m1/s1. The van der Waals surface area contributed by atoms with Crippen molar-refractivity contribution in [2.75, 3.05) is 24.8 Å². The van der Waals surface area contributed by atoms with Crippen molar-refractivity contribution in [3.63, 3.8) is 0 Å². The molecule has 3 rings (SSSR count). The first-order valence-corrected chi connectivity index (χ1v) is 12.1. The molecule has 0 saturated carbocycles. The van der Waals surface area contributed by atoms with E-state index < -0.39 is 16.1 Å². The Morgan fingerprint density at radius 3 is 2.32 bits per heavy atom. The fourth-order valence-electron chi connectivity index (χ4n) is 4.05. The maximum Gasteiger partial charge on any atom is 0.244 e. The van der Waals surface area contributed by atoms with Crippen LogP contribution in [0.25, 0.3) is 0 Å². The number of benzene rings is 2. The van der Waals surface area contributed by atoms with Gasteiger partial charge in [-0.2, -0.15) is 0 Å². The Morgan fingerprint density at radius 1 is 1.00 bits per heavy atom.